The van der Waals surface area contributed by atoms with Gasteiger partial charge >= 0.3 is 0 Å². The quantitative estimate of drug-likeness (QED) is 0.559. The Hall–Kier alpha value is 0.230. The van der Waals surface area contributed by atoms with Crippen LogP contribution >= 0.6 is 11.8 Å². The maximum atomic E-state index is 9.01. The number of thioether (sulfide) groups is 1. The molecule has 3 N–H and O–H groups in total. The maximum absolute atomic E-state index is 9.01. The van der Waals surface area contributed by atoms with Gasteiger partial charge in [-0.15, -0.1) is 0 Å². The van der Waals surface area contributed by atoms with Crippen molar-refractivity contribution in [3.8, 4) is 0 Å². The molecule has 0 amide bonds. The first-order valence-corrected chi connectivity index (χ1v) is 5.29. The van der Waals surface area contributed by atoms with Crippen LogP contribution in [0.3, 0.4) is 0 Å². The Morgan fingerprint density at radius 2 is 2.08 bits per heavy atom. The zero-order valence-corrected chi connectivity index (χ0v) is 8.82. The molecule has 0 aromatic rings. The van der Waals surface area contributed by atoms with Crippen LogP contribution in [0.25, 0.3) is 0 Å². The van der Waals surface area contributed by atoms with Crippen LogP contribution < -0.4 is 5.32 Å². The fourth-order valence-corrected chi connectivity index (χ4v) is 0.923. The van der Waals surface area contributed by atoms with Crippen molar-refractivity contribution in [1.29, 1.82) is 0 Å². The van der Waals surface area contributed by atoms with E-state index in [2.05, 4.69) is 25.4 Å². The van der Waals surface area contributed by atoms with Crippen LogP contribution in [-0.2, 0) is 0 Å². The third kappa shape index (κ3) is 5.83. The van der Waals surface area contributed by atoms with Crippen molar-refractivity contribution in [3.63, 3.8) is 0 Å². The van der Waals surface area contributed by atoms with Gasteiger partial charge in [-0.25, -0.2) is 0 Å². The molecule has 0 rings (SSSR count). The second-order valence-electron chi connectivity index (χ2n) is 3.43. The number of nitrogens with one attached hydrogen (secondary N) is 1. The zero-order chi connectivity index (χ0) is 9.61. The molecule has 12 heavy (non-hydrogen) atoms. The number of aliphatic hydroxyl groups is 2. The Morgan fingerprint density at radius 3 is 2.50 bits per heavy atom. The second kappa shape index (κ2) is 5.80. The van der Waals surface area contributed by atoms with Crippen LogP contribution in [0.5, 0.6) is 0 Å². The summed E-state index contributed by atoms with van der Waals surface area (Å²) < 4.78 is 0.190. The summed E-state index contributed by atoms with van der Waals surface area (Å²) >= 11 is 1.78. The van der Waals surface area contributed by atoms with E-state index in [-0.39, 0.29) is 11.4 Å². The molecule has 0 spiro atoms. The zero-order valence-electron chi connectivity index (χ0n) is 8.00. The third-order valence-electron chi connectivity index (χ3n) is 1.69. The predicted octanol–water partition coefficient (Wildman–Crippen LogP) is 0.0708. The van der Waals surface area contributed by atoms with Crippen LogP contribution in [0.1, 0.15) is 13.8 Å². The Labute approximate surface area is 78.6 Å². The largest absolute Gasteiger partial charge is 0.394 e. The van der Waals surface area contributed by atoms with Crippen LogP contribution in [0.4, 0.5) is 0 Å². The van der Waals surface area contributed by atoms with E-state index in [9.17, 15) is 0 Å². The molecular weight excluding hydrogens is 174 g/mol. The lowest BCUT2D eigenvalue weighted by molar-refractivity contribution is 0.0942. The standard InChI is InChI=1S/C8H19NO2S/c1-8(2,12-3)6-9-4-7(11)5-10/h7,9-11H,4-6H2,1-3H3. The van der Waals surface area contributed by atoms with E-state index in [0.717, 1.165) is 6.54 Å². The molecule has 0 bridgehead atoms. The molecule has 0 aromatic heterocycles. The van der Waals surface area contributed by atoms with Gasteiger partial charge in [-0.05, 0) is 20.1 Å². The van der Waals surface area contributed by atoms with Crippen molar-refractivity contribution in [2.75, 3.05) is 26.0 Å². The first kappa shape index (κ1) is 12.2. The van der Waals surface area contributed by atoms with Crippen molar-refractivity contribution < 1.29 is 10.2 Å². The number of aliphatic hydroxyl groups excluding tert-OH is 2. The summed E-state index contributed by atoms with van der Waals surface area (Å²) in [5, 5.41) is 20.6. The van der Waals surface area contributed by atoms with Crippen molar-refractivity contribution >= 4 is 11.8 Å². The van der Waals surface area contributed by atoms with E-state index >= 15 is 0 Å². The molecule has 0 radical (unpaired) electrons. The summed E-state index contributed by atoms with van der Waals surface area (Å²) in [6, 6.07) is 0. The highest BCUT2D eigenvalue weighted by Gasteiger charge is 2.15. The van der Waals surface area contributed by atoms with E-state index < -0.39 is 6.10 Å². The molecule has 0 heterocycles. The molecule has 74 valence electrons. The fraction of sp³-hybridized carbons (Fsp3) is 1.00. The van der Waals surface area contributed by atoms with E-state index in [4.69, 9.17) is 10.2 Å². The molecule has 1 atom stereocenters. The number of hydrogen-bond acceptors (Lipinski definition) is 4. The van der Waals surface area contributed by atoms with Gasteiger partial charge in [0, 0.05) is 17.8 Å². The fourth-order valence-electron chi connectivity index (χ4n) is 0.677. The Morgan fingerprint density at radius 1 is 1.50 bits per heavy atom. The molecule has 0 aliphatic heterocycles. The highest BCUT2D eigenvalue weighted by atomic mass is 32.2. The number of hydrogen-bond donors (Lipinski definition) is 3. The van der Waals surface area contributed by atoms with Gasteiger partial charge in [0.2, 0.25) is 0 Å². The average molecular weight is 193 g/mol. The third-order valence-corrected chi connectivity index (χ3v) is 2.94. The Kier molecular flexibility index (Phi) is 5.92. The smallest absolute Gasteiger partial charge is 0.0894 e. The Bertz CT molecular complexity index is 120. The van der Waals surface area contributed by atoms with Gasteiger partial charge in [0.15, 0.2) is 0 Å². The lowest BCUT2D eigenvalue weighted by Crippen LogP contribution is -2.37. The van der Waals surface area contributed by atoms with Crippen LogP contribution in [0.15, 0.2) is 0 Å². The SMILES string of the molecule is CSC(C)(C)CNCC(O)CO. The summed E-state index contributed by atoms with van der Waals surface area (Å²) in [6.07, 6.45) is 1.42. The summed E-state index contributed by atoms with van der Waals surface area (Å²) in [5.74, 6) is 0. The Balaban J connectivity index is 3.42. The molecule has 0 saturated heterocycles. The molecule has 0 aliphatic carbocycles. The van der Waals surface area contributed by atoms with Crippen LogP contribution in [0.2, 0.25) is 0 Å². The van der Waals surface area contributed by atoms with Gasteiger partial charge in [-0.1, -0.05) is 0 Å². The van der Waals surface area contributed by atoms with Gasteiger partial charge in [-0.2, -0.15) is 11.8 Å². The summed E-state index contributed by atoms with van der Waals surface area (Å²) in [6.45, 7) is 5.39. The van der Waals surface area contributed by atoms with E-state index in [1.165, 1.54) is 0 Å². The van der Waals surface area contributed by atoms with Crippen molar-refractivity contribution in [2.45, 2.75) is 24.7 Å². The van der Waals surface area contributed by atoms with Crippen molar-refractivity contribution in [2.24, 2.45) is 0 Å². The highest BCUT2D eigenvalue weighted by molar-refractivity contribution is 7.99. The molecular formula is C8H19NO2S. The minimum atomic E-state index is -0.636. The molecule has 0 saturated carbocycles. The van der Waals surface area contributed by atoms with Gasteiger partial charge in [0.05, 0.1) is 12.7 Å². The topological polar surface area (TPSA) is 52.5 Å². The van der Waals surface area contributed by atoms with Crippen LogP contribution in [0, 0.1) is 0 Å². The van der Waals surface area contributed by atoms with Gasteiger partial charge in [-0.3, -0.25) is 0 Å². The maximum Gasteiger partial charge on any atom is 0.0894 e. The normalized spacial score (nSPS) is 14.8. The minimum absolute atomic E-state index is 0.174. The first-order valence-electron chi connectivity index (χ1n) is 4.06. The lowest BCUT2D eigenvalue weighted by Gasteiger charge is -2.22. The summed E-state index contributed by atoms with van der Waals surface area (Å²) in [4.78, 5) is 0. The van der Waals surface area contributed by atoms with E-state index in [0.29, 0.717) is 6.54 Å². The van der Waals surface area contributed by atoms with Gasteiger partial charge in [0.25, 0.3) is 0 Å². The summed E-state index contributed by atoms with van der Waals surface area (Å²) in [7, 11) is 0. The molecule has 3 nitrogen and oxygen atoms in total. The number of rotatable bonds is 6. The lowest BCUT2D eigenvalue weighted by atomic mass is 10.2. The minimum Gasteiger partial charge on any atom is -0.394 e. The summed E-state index contributed by atoms with van der Waals surface area (Å²) in [5.41, 5.74) is 0. The average Bonchev–Trinajstić information content (AvgIpc) is 2.04. The van der Waals surface area contributed by atoms with Crippen molar-refractivity contribution in [1.82, 2.24) is 5.32 Å². The monoisotopic (exact) mass is 193 g/mol. The molecule has 0 fully saturated rings. The first-order chi connectivity index (χ1) is 5.52. The van der Waals surface area contributed by atoms with E-state index in [1.54, 1.807) is 11.8 Å². The van der Waals surface area contributed by atoms with Gasteiger partial charge in [0.1, 0.15) is 0 Å². The molecule has 0 aromatic carbocycles. The van der Waals surface area contributed by atoms with Gasteiger partial charge < -0.3 is 15.5 Å². The van der Waals surface area contributed by atoms with Crippen LogP contribution in [-0.4, -0.2) is 47.0 Å². The predicted molar refractivity (Wildman–Crippen MR) is 53.6 cm³/mol. The highest BCUT2D eigenvalue weighted by Crippen LogP contribution is 2.19. The molecule has 4 heteroatoms. The van der Waals surface area contributed by atoms with E-state index in [1.807, 2.05) is 0 Å². The molecule has 1 unspecified atom stereocenters. The van der Waals surface area contributed by atoms with Crippen molar-refractivity contribution in [3.05, 3.63) is 0 Å². The second-order valence-corrected chi connectivity index (χ2v) is 4.94. The molecule has 0 aliphatic rings.